The third-order valence-corrected chi connectivity index (χ3v) is 5.75. The zero-order valence-corrected chi connectivity index (χ0v) is 18.2. The molecule has 0 aromatic rings. The molecule has 28 heavy (non-hydrogen) atoms. The van der Waals surface area contributed by atoms with Gasteiger partial charge in [0.05, 0.1) is 13.2 Å². The Labute approximate surface area is 172 Å². The van der Waals surface area contributed by atoms with Crippen molar-refractivity contribution in [3.63, 3.8) is 0 Å². The summed E-state index contributed by atoms with van der Waals surface area (Å²) in [5, 5.41) is 29.0. The van der Waals surface area contributed by atoms with Crippen LogP contribution in [0.1, 0.15) is 103 Å². The lowest BCUT2D eigenvalue weighted by molar-refractivity contribution is -0.0813. The summed E-state index contributed by atoms with van der Waals surface area (Å²) >= 11 is 0. The molecule has 0 aliphatic carbocycles. The quantitative estimate of drug-likeness (QED) is 0.280. The van der Waals surface area contributed by atoms with Gasteiger partial charge in [-0.1, -0.05) is 96.8 Å². The monoisotopic (exact) mass is 402 g/mol. The number of aliphatic hydroxyl groups excluding tert-OH is 3. The van der Waals surface area contributed by atoms with Gasteiger partial charge in [-0.3, -0.25) is 0 Å². The minimum atomic E-state index is -1.02. The van der Waals surface area contributed by atoms with Crippen LogP contribution < -0.4 is 0 Å². The molecule has 1 fully saturated rings. The molecule has 0 aromatic heterocycles. The molecule has 0 unspecified atom stereocenters. The molecule has 0 aromatic carbocycles. The van der Waals surface area contributed by atoms with Crippen LogP contribution in [0.25, 0.3) is 0 Å². The van der Waals surface area contributed by atoms with Crippen LogP contribution in [0.15, 0.2) is 0 Å². The third kappa shape index (κ3) is 12.4. The van der Waals surface area contributed by atoms with Crippen molar-refractivity contribution in [3.05, 3.63) is 0 Å². The first kappa shape index (κ1) is 25.8. The first-order valence-electron chi connectivity index (χ1n) is 11.9. The summed E-state index contributed by atoms with van der Waals surface area (Å²) in [6.07, 6.45) is 16.5. The summed E-state index contributed by atoms with van der Waals surface area (Å²) in [5.74, 6) is 0. The van der Waals surface area contributed by atoms with Crippen molar-refractivity contribution in [2.24, 2.45) is 0 Å². The second kappa shape index (κ2) is 17.6. The van der Waals surface area contributed by atoms with Crippen molar-refractivity contribution >= 4 is 0 Å². The van der Waals surface area contributed by atoms with Crippen molar-refractivity contribution in [2.75, 3.05) is 19.8 Å². The van der Waals surface area contributed by atoms with Crippen LogP contribution in [0.4, 0.5) is 0 Å². The van der Waals surface area contributed by atoms with Crippen LogP contribution in [-0.4, -0.2) is 59.6 Å². The van der Waals surface area contributed by atoms with E-state index in [0.29, 0.717) is 6.61 Å². The van der Waals surface area contributed by atoms with E-state index in [4.69, 9.17) is 9.47 Å². The van der Waals surface area contributed by atoms with E-state index >= 15 is 0 Å². The number of rotatable bonds is 19. The standard InChI is InChI=1S/C23H46O5/c1-2-3-4-5-6-7-8-9-10-11-12-13-14-15-16-17-27-18-21(25)23-22(26)20(24)19-28-23/h20-26H,2-19H2,1H3/t20-,21+,22+,23+/m1/s1. The summed E-state index contributed by atoms with van der Waals surface area (Å²) in [5.41, 5.74) is 0. The van der Waals surface area contributed by atoms with E-state index < -0.39 is 24.4 Å². The number of aliphatic hydroxyl groups is 3. The van der Waals surface area contributed by atoms with Crippen molar-refractivity contribution in [2.45, 2.75) is 128 Å². The lowest BCUT2D eigenvalue weighted by Crippen LogP contribution is -2.40. The predicted octanol–water partition coefficient (Wildman–Crippen LogP) is 4.36. The van der Waals surface area contributed by atoms with Crippen LogP contribution >= 0.6 is 0 Å². The fraction of sp³-hybridized carbons (Fsp3) is 1.00. The van der Waals surface area contributed by atoms with Crippen molar-refractivity contribution in [1.29, 1.82) is 0 Å². The highest BCUT2D eigenvalue weighted by Gasteiger charge is 2.39. The lowest BCUT2D eigenvalue weighted by Gasteiger charge is -2.20. The minimum absolute atomic E-state index is 0.0714. The van der Waals surface area contributed by atoms with E-state index in [2.05, 4.69) is 6.92 Å². The molecule has 1 aliphatic heterocycles. The first-order valence-corrected chi connectivity index (χ1v) is 11.9. The van der Waals surface area contributed by atoms with Crippen molar-refractivity contribution in [1.82, 2.24) is 0 Å². The van der Waals surface area contributed by atoms with Crippen LogP contribution in [-0.2, 0) is 9.47 Å². The second-order valence-electron chi connectivity index (χ2n) is 8.45. The van der Waals surface area contributed by atoms with Gasteiger partial charge in [-0.2, -0.15) is 0 Å². The van der Waals surface area contributed by atoms with E-state index in [1.807, 2.05) is 0 Å². The lowest BCUT2D eigenvalue weighted by atomic mass is 10.0. The molecule has 0 bridgehead atoms. The molecule has 168 valence electrons. The molecule has 0 radical (unpaired) electrons. The van der Waals surface area contributed by atoms with Crippen molar-refractivity contribution < 1.29 is 24.8 Å². The number of hydrogen-bond acceptors (Lipinski definition) is 5. The Kier molecular flexibility index (Phi) is 16.3. The molecule has 0 spiro atoms. The average Bonchev–Trinajstić information content (AvgIpc) is 3.03. The van der Waals surface area contributed by atoms with E-state index in [-0.39, 0.29) is 13.2 Å². The van der Waals surface area contributed by atoms with E-state index in [1.54, 1.807) is 0 Å². The Balaban J connectivity index is 1.75. The Morgan fingerprint density at radius 2 is 1.25 bits per heavy atom. The third-order valence-electron chi connectivity index (χ3n) is 5.75. The van der Waals surface area contributed by atoms with Crippen LogP contribution in [0, 0.1) is 0 Å². The fourth-order valence-electron chi connectivity index (χ4n) is 3.84. The van der Waals surface area contributed by atoms with Gasteiger partial charge in [0.15, 0.2) is 0 Å². The van der Waals surface area contributed by atoms with Gasteiger partial charge in [-0.25, -0.2) is 0 Å². The zero-order chi connectivity index (χ0) is 20.5. The maximum atomic E-state index is 9.94. The topological polar surface area (TPSA) is 79.2 Å². The van der Waals surface area contributed by atoms with Gasteiger partial charge in [0.1, 0.15) is 24.4 Å². The molecule has 1 aliphatic rings. The highest BCUT2D eigenvalue weighted by Crippen LogP contribution is 2.18. The predicted molar refractivity (Wildman–Crippen MR) is 114 cm³/mol. The normalized spacial score (nSPS) is 23.4. The van der Waals surface area contributed by atoms with Crippen molar-refractivity contribution in [3.8, 4) is 0 Å². The average molecular weight is 403 g/mol. The van der Waals surface area contributed by atoms with Gasteiger partial charge in [0, 0.05) is 6.61 Å². The second-order valence-corrected chi connectivity index (χ2v) is 8.45. The highest BCUT2D eigenvalue weighted by atomic mass is 16.5. The van der Waals surface area contributed by atoms with Gasteiger partial charge in [0.25, 0.3) is 0 Å². The smallest absolute Gasteiger partial charge is 0.114 e. The molecule has 1 heterocycles. The molecule has 0 saturated carbocycles. The van der Waals surface area contributed by atoms with Gasteiger partial charge in [0.2, 0.25) is 0 Å². The molecule has 4 atom stereocenters. The summed E-state index contributed by atoms with van der Waals surface area (Å²) in [7, 11) is 0. The summed E-state index contributed by atoms with van der Waals surface area (Å²) in [6.45, 7) is 3.11. The van der Waals surface area contributed by atoms with Crippen LogP contribution in [0.2, 0.25) is 0 Å². The molecule has 1 saturated heterocycles. The zero-order valence-electron chi connectivity index (χ0n) is 18.2. The summed E-state index contributed by atoms with van der Waals surface area (Å²) in [4.78, 5) is 0. The number of hydrogen-bond donors (Lipinski definition) is 3. The molecular formula is C23H46O5. The fourth-order valence-corrected chi connectivity index (χ4v) is 3.84. The SMILES string of the molecule is CCCCCCCCCCCCCCCCCOC[C@H](O)[C@@H]1OC[C@@H](O)[C@@H]1O. The molecule has 5 heteroatoms. The summed E-state index contributed by atoms with van der Waals surface area (Å²) < 4.78 is 10.7. The Bertz CT molecular complexity index is 339. The van der Waals surface area contributed by atoms with Crippen LogP contribution in [0.5, 0.6) is 0 Å². The minimum Gasteiger partial charge on any atom is -0.388 e. The maximum Gasteiger partial charge on any atom is 0.114 e. The molecule has 3 N–H and O–H groups in total. The molecule has 5 nitrogen and oxygen atoms in total. The number of unbranched alkanes of at least 4 members (excludes halogenated alkanes) is 14. The van der Waals surface area contributed by atoms with Crippen LogP contribution in [0.3, 0.4) is 0 Å². The number of ether oxygens (including phenoxy) is 2. The van der Waals surface area contributed by atoms with Gasteiger partial charge >= 0.3 is 0 Å². The van der Waals surface area contributed by atoms with Gasteiger partial charge < -0.3 is 24.8 Å². The largest absolute Gasteiger partial charge is 0.388 e. The molecular weight excluding hydrogens is 356 g/mol. The Morgan fingerprint density at radius 3 is 1.68 bits per heavy atom. The molecule has 0 amide bonds. The summed E-state index contributed by atoms with van der Waals surface area (Å²) in [6, 6.07) is 0. The van der Waals surface area contributed by atoms with E-state index in [9.17, 15) is 15.3 Å². The Hall–Kier alpha value is -0.200. The molecule has 1 rings (SSSR count). The van der Waals surface area contributed by atoms with Gasteiger partial charge in [-0.05, 0) is 6.42 Å². The highest BCUT2D eigenvalue weighted by molar-refractivity contribution is 4.87. The van der Waals surface area contributed by atoms with E-state index in [0.717, 1.165) is 12.8 Å². The van der Waals surface area contributed by atoms with Gasteiger partial charge in [-0.15, -0.1) is 0 Å². The first-order chi connectivity index (χ1) is 13.7. The Morgan fingerprint density at radius 1 is 0.786 bits per heavy atom. The van der Waals surface area contributed by atoms with E-state index in [1.165, 1.54) is 83.5 Å². The maximum absolute atomic E-state index is 9.94.